The number of rotatable bonds is 4. The molecule has 0 aliphatic carbocycles. The van der Waals surface area contributed by atoms with E-state index in [1.807, 2.05) is 5.38 Å². The van der Waals surface area contributed by atoms with Crippen LogP contribution in [0.2, 0.25) is 0 Å². The molecule has 0 radical (unpaired) electrons. The van der Waals surface area contributed by atoms with Gasteiger partial charge in [-0.25, -0.2) is 10.9 Å². The molecule has 2 N–H and O–H groups in total. The van der Waals surface area contributed by atoms with E-state index in [4.69, 9.17) is 5.90 Å². The standard InChI is InChI=1S/C7H12N2OS/c1-2-3-7-9-6(4-10-8)5-11-7/h5H,2-4,8H2,1H3. The molecule has 1 heterocycles. The van der Waals surface area contributed by atoms with Gasteiger partial charge in [-0.15, -0.1) is 11.3 Å². The molecule has 0 unspecified atom stereocenters. The lowest BCUT2D eigenvalue weighted by Gasteiger charge is -1.90. The number of aryl methyl sites for hydroxylation is 1. The molecule has 0 atom stereocenters. The van der Waals surface area contributed by atoms with Crippen LogP contribution in [0.5, 0.6) is 0 Å². The van der Waals surface area contributed by atoms with Crippen molar-refractivity contribution in [2.75, 3.05) is 0 Å². The maximum Gasteiger partial charge on any atom is 0.111 e. The molecule has 4 heteroatoms. The molecule has 62 valence electrons. The molecule has 11 heavy (non-hydrogen) atoms. The van der Waals surface area contributed by atoms with Gasteiger partial charge in [0.15, 0.2) is 0 Å². The van der Waals surface area contributed by atoms with E-state index in [0.717, 1.165) is 18.5 Å². The Labute approximate surface area is 70.2 Å². The third kappa shape index (κ3) is 2.57. The van der Waals surface area contributed by atoms with Crippen LogP contribution >= 0.6 is 11.3 Å². The fraction of sp³-hybridized carbons (Fsp3) is 0.571. The van der Waals surface area contributed by atoms with E-state index in [1.54, 1.807) is 11.3 Å². The molecule has 0 spiro atoms. The Morgan fingerprint density at radius 3 is 3.18 bits per heavy atom. The van der Waals surface area contributed by atoms with E-state index in [9.17, 15) is 0 Å². The van der Waals surface area contributed by atoms with Crippen molar-refractivity contribution in [3.8, 4) is 0 Å². The van der Waals surface area contributed by atoms with Crippen molar-refractivity contribution in [2.24, 2.45) is 5.90 Å². The lowest BCUT2D eigenvalue weighted by atomic mass is 10.3. The van der Waals surface area contributed by atoms with Crippen molar-refractivity contribution >= 4 is 11.3 Å². The first-order valence-corrected chi connectivity index (χ1v) is 4.49. The zero-order chi connectivity index (χ0) is 8.10. The van der Waals surface area contributed by atoms with E-state index in [2.05, 4.69) is 16.7 Å². The Hall–Kier alpha value is -0.450. The minimum atomic E-state index is 0.417. The summed E-state index contributed by atoms with van der Waals surface area (Å²) >= 11 is 1.67. The van der Waals surface area contributed by atoms with Gasteiger partial charge in [-0.3, -0.25) is 4.84 Å². The molecule has 0 aliphatic heterocycles. The topological polar surface area (TPSA) is 48.1 Å². The van der Waals surface area contributed by atoms with Crippen LogP contribution in [0.25, 0.3) is 0 Å². The Bertz CT molecular complexity index is 191. The van der Waals surface area contributed by atoms with Gasteiger partial charge in [-0.1, -0.05) is 6.92 Å². The Kier molecular flexibility index (Phi) is 3.48. The van der Waals surface area contributed by atoms with Crippen molar-refractivity contribution in [2.45, 2.75) is 26.4 Å². The van der Waals surface area contributed by atoms with Crippen molar-refractivity contribution in [3.63, 3.8) is 0 Å². The van der Waals surface area contributed by atoms with E-state index in [1.165, 1.54) is 5.01 Å². The maximum atomic E-state index is 4.91. The molecule has 0 saturated carbocycles. The lowest BCUT2D eigenvalue weighted by molar-refractivity contribution is 0.121. The molecule has 3 nitrogen and oxygen atoms in total. The molecule has 0 aromatic carbocycles. The number of thiazole rings is 1. The van der Waals surface area contributed by atoms with E-state index >= 15 is 0 Å². The van der Waals surface area contributed by atoms with Crippen molar-refractivity contribution < 1.29 is 4.84 Å². The van der Waals surface area contributed by atoms with Crippen LogP contribution in [0.3, 0.4) is 0 Å². The van der Waals surface area contributed by atoms with Gasteiger partial charge < -0.3 is 0 Å². The van der Waals surface area contributed by atoms with Gasteiger partial charge >= 0.3 is 0 Å². The highest BCUT2D eigenvalue weighted by Gasteiger charge is 1.99. The molecule has 1 rings (SSSR count). The van der Waals surface area contributed by atoms with Crippen LogP contribution in [0.1, 0.15) is 24.0 Å². The SMILES string of the molecule is CCCc1nc(CON)cs1. The predicted molar refractivity (Wildman–Crippen MR) is 45.1 cm³/mol. The fourth-order valence-electron chi connectivity index (χ4n) is 0.829. The smallest absolute Gasteiger partial charge is 0.111 e. The largest absolute Gasteiger partial charge is 0.298 e. The maximum absolute atomic E-state index is 4.91. The van der Waals surface area contributed by atoms with Crippen LogP contribution in [0.4, 0.5) is 0 Å². The Balaban J connectivity index is 2.51. The number of nitrogens with two attached hydrogens (primary N) is 1. The summed E-state index contributed by atoms with van der Waals surface area (Å²) in [5, 5.41) is 3.15. The van der Waals surface area contributed by atoms with Gasteiger partial charge in [0, 0.05) is 5.38 Å². The molecular weight excluding hydrogens is 160 g/mol. The number of hydrogen-bond donors (Lipinski definition) is 1. The Morgan fingerprint density at radius 2 is 2.55 bits per heavy atom. The summed E-state index contributed by atoms with van der Waals surface area (Å²) in [5.74, 6) is 4.91. The Morgan fingerprint density at radius 1 is 1.73 bits per heavy atom. The third-order valence-electron chi connectivity index (χ3n) is 1.29. The van der Waals surface area contributed by atoms with Crippen molar-refractivity contribution in [1.29, 1.82) is 0 Å². The lowest BCUT2D eigenvalue weighted by Crippen LogP contribution is -1.99. The summed E-state index contributed by atoms with van der Waals surface area (Å²) in [6.07, 6.45) is 2.19. The summed E-state index contributed by atoms with van der Waals surface area (Å²) in [4.78, 5) is 8.77. The van der Waals surface area contributed by atoms with Crippen LogP contribution < -0.4 is 5.90 Å². The predicted octanol–water partition coefficient (Wildman–Crippen LogP) is 1.49. The van der Waals surface area contributed by atoms with Gasteiger partial charge in [0.2, 0.25) is 0 Å². The summed E-state index contributed by atoms with van der Waals surface area (Å²) in [6.45, 7) is 2.56. The first-order valence-electron chi connectivity index (χ1n) is 3.61. The minimum Gasteiger partial charge on any atom is -0.298 e. The summed E-state index contributed by atoms with van der Waals surface area (Å²) in [5.41, 5.74) is 0.931. The molecule has 0 aliphatic rings. The van der Waals surface area contributed by atoms with Gasteiger partial charge in [0.1, 0.15) is 6.61 Å². The molecule has 0 fully saturated rings. The number of nitrogens with zero attached hydrogens (tertiary/aromatic N) is 1. The normalized spacial score (nSPS) is 10.4. The van der Waals surface area contributed by atoms with Crippen LogP contribution in [-0.4, -0.2) is 4.98 Å². The highest BCUT2D eigenvalue weighted by Crippen LogP contribution is 2.11. The zero-order valence-electron chi connectivity index (χ0n) is 6.54. The third-order valence-corrected chi connectivity index (χ3v) is 2.25. The van der Waals surface area contributed by atoms with Crippen molar-refractivity contribution in [3.05, 3.63) is 16.1 Å². The second kappa shape index (κ2) is 4.43. The second-order valence-electron chi connectivity index (χ2n) is 2.29. The van der Waals surface area contributed by atoms with E-state index in [-0.39, 0.29) is 0 Å². The fourth-order valence-corrected chi connectivity index (χ4v) is 1.71. The van der Waals surface area contributed by atoms with Crippen LogP contribution in [-0.2, 0) is 17.9 Å². The molecule has 0 amide bonds. The summed E-state index contributed by atoms with van der Waals surface area (Å²) < 4.78 is 0. The number of aromatic nitrogens is 1. The van der Waals surface area contributed by atoms with Crippen LogP contribution in [0, 0.1) is 0 Å². The first-order chi connectivity index (χ1) is 5.36. The number of hydrogen-bond acceptors (Lipinski definition) is 4. The highest BCUT2D eigenvalue weighted by atomic mass is 32.1. The molecule has 0 bridgehead atoms. The van der Waals surface area contributed by atoms with E-state index < -0.39 is 0 Å². The summed E-state index contributed by atoms with van der Waals surface area (Å²) in [6, 6.07) is 0. The molecular formula is C7H12N2OS. The molecule has 0 saturated heterocycles. The first kappa shape index (κ1) is 8.64. The van der Waals surface area contributed by atoms with Gasteiger partial charge in [0.05, 0.1) is 10.7 Å². The monoisotopic (exact) mass is 172 g/mol. The average Bonchev–Trinajstić information content (AvgIpc) is 2.38. The average molecular weight is 172 g/mol. The minimum absolute atomic E-state index is 0.417. The van der Waals surface area contributed by atoms with Gasteiger partial charge in [-0.05, 0) is 12.8 Å². The zero-order valence-corrected chi connectivity index (χ0v) is 7.36. The summed E-state index contributed by atoms with van der Waals surface area (Å²) in [7, 11) is 0. The van der Waals surface area contributed by atoms with Gasteiger partial charge in [0.25, 0.3) is 0 Å². The highest BCUT2D eigenvalue weighted by molar-refractivity contribution is 7.09. The second-order valence-corrected chi connectivity index (χ2v) is 3.24. The van der Waals surface area contributed by atoms with Crippen molar-refractivity contribution in [1.82, 2.24) is 4.98 Å². The quantitative estimate of drug-likeness (QED) is 0.700. The van der Waals surface area contributed by atoms with Crippen LogP contribution in [0.15, 0.2) is 5.38 Å². The van der Waals surface area contributed by atoms with Gasteiger partial charge in [-0.2, -0.15) is 0 Å². The van der Waals surface area contributed by atoms with E-state index in [0.29, 0.717) is 6.61 Å². The molecule has 1 aromatic rings. The molecule has 1 aromatic heterocycles.